The molecule has 1 aliphatic rings. The quantitative estimate of drug-likeness (QED) is 0.807. The molecule has 1 fully saturated rings. The van der Waals surface area contributed by atoms with Gasteiger partial charge in [0.15, 0.2) is 0 Å². The van der Waals surface area contributed by atoms with Gasteiger partial charge in [0.1, 0.15) is 0 Å². The van der Waals surface area contributed by atoms with Crippen LogP contribution in [0.1, 0.15) is 19.3 Å². The molecule has 0 amide bonds. The standard InChI is InChI=1S/C11H15ClN2O2S/c12-10-4-3-9(7-11(10)13)17(15,16)14-6-5-8-1-2-8/h3-4,7-8,14H,1-2,5-6,13H2. The Labute approximate surface area is 106 Å². The number of rotatable bonds is 5. The molecule has 1 aromatic rings. The molecule has 3 N–H and O–H groups in total. The molecule has 0 radical (unpaired) electrons. The number of halogens is 1. The van der Waals surface area contributed by atoms with E-state index < -0.39 is 10.0 Å². The van der Waals surface area contributed by atoms with Gasteiger partial charge in [-0.25, -0.2) is 13.1 Å². The first kappa shape index (κ1) is 12.7. The van der Waals surface area contributed by atoms with Crippen LogP contribution in [0.4, 0.5) is 5.69 Å². The molecule has 0 atom stereocenters. The van der Waals surface area contributed by atoms with Crippen LogP contribution in [0.2, 0.25) is 5.02 Å². The Morgan fingerprint density at radius 3 is 2.71 bits per heavy atom. The van der Waals surface area contributed by atoms with Gasteiger partial charge in [0, 0.05) is 6.54 Å². The highest BCUT2D eigenvalue weighted by Gasteiger charge is 2.22. The topological polar surface area (TPSA) is 72.2 Å². The fourth-order valence-electron chi connectivity index (χ4n) is 1.58. The molecule has 17 heavy (non-hydrogen) atoms. The van der Waals surface area contributed by atoms with Gasteiger partial charge >= 0.3 is 0 Å². The monoisotopic (exact) mass is 274 g/mol. The molecule has 94 valence electrons. The highest BCUT2D eigenvalue weighted by molar-refractivity contribution is 7.89. The minimum Gasteiger partial charge on any atom is -0.397 e. The number of anilines is 1. The zero-order valence-corrected chi connectivity index (χ0v) is 10.9. The van der Waals surface area contributed by atoms with E-state index in [1.54, 1.807) is 0 Å². The number of nitrogen functional groups attached to an aromatic ring is 1. The Balaban J connectivity index is 2.04. The number of benzene rings is 1. The van der Waals surface area contributed by atoms with Crippen LogP contribution in [-0.2, 0) is 10.0 Å². The number of hydrogen-bond acceptors (Lipinski definition) is 3. The van der Waals surface area contributed by atoms with Crippen molar-refractivity contribution in [2.24, 2.45) is 5.92 Å². The number of sulfonamides is 1. The molecule has 0 aromatic heterocycles. The maximum absolute atomic E-state index is 11.9. The lowest BCUT2D eigenvalue weighted by atomic mass is 10.3. The van der Waals surface area contributed by atoms with E-state index in [1.165, 1.54) is 31.0 Å². The maximum Gasteiger partial charge on any atom is 0.240 e. The maximum atomic E-state index is 11.9. The van der Waals surface area contributed by atoms with E-state index in [9.17, 15) is 8.42 Å². The third kappa shape index (κ3) is 3.34. The summed E-state index contributed by atoms with van der Waals surface area (Å²) in [6, 6.07) is 4.33. The van der Waals surface area contributed by atoms with Crippen molar-refractivity contribution in [3.63, 3.8) is 0 Å². The molecular weight excluding hydrogens is 260 g/mol. The first-order valence-electron chi connectivity index (χ1n) is 5.54. The second-order valence-corrected chi connectivity index (χ2v) is 6.49. The second-order valence-electron chi connectivity index (χ2n) is 4.31. The average Bonchev–Trinajstić information content (AvgIpc) is 3.05. The van der Waals surface area contributed by atoms with Gasteiger partial charge in [0.05, 0.1) is 15.6 Å². The highest BCUT2D eigenvalue weighted by Crippen LogP contribution is 2.31. The SMILES string of the molecule is Nc1cc(S(=O)(=O)NCCC2CC2)ccc1Cl. The number of nitrogens with two attached hydrogens (primary N) is 1. The lowest BCUT2D eigenvalue weighted by Crippen LogP contribution is -2.25. The predicted molar refractivity (Wildman–Crippen MR) is 68.4 cm³/mol. The van der Waals surface area contributed by atoms with Gasteiger partial charge in [-0.1, -0.05) is 24.4 Å². The van der Waals surface area contributed by atoms with Gasteiger partial charge in [-0.15, -0.1) is 0 Å². The Kier molecular flexibility index (Phi) is 3.61. The van der Waals surface area contributed by atoms with Gasteiger partial charge in [-0.05, 0) is 30.5 Å². The summed E-state index contributed by atoms with van der Waals surface area (Å²) in [5, 5.41) is 0.363. The van der Waals surface area contributed by atoms with Crippen molar-refractivity contribution in [2.45, 2.75) is 24.2 Å². The van der Waals surface area contributed by atoms with Gasteiger partial charge in [0.2, 0.25) is 10.0 Å². The van der Waals surface area contributed by atoms with E-state index >= 15 is 0 Å². The van der Waals surface area contributed by atoms with Crippen LogP contribution in [-0.4, -0.2) is 15.0 Å². The summed E-state index contributed by atoms with van der Waals surface area (Å²) < 4.78 is 26.3. The van der Waals surface area contributed by atoms with Crippen molar-refractivity contribution in [3.05, 3.63) is 23.2 Å². The third-order valence-electron chi connectivity index (χ3n) is 2.82. The summed E-state index contributed by atoms with van der Waals surface area (Å²) in [4.78, 5) is 0.162. The molecule has 0 bridgehead atoms. The van der Waals surface area contributed by atoms with Crippen molar-refractivity contribution in [3.8, 4) is 0 Å². The molecule has 0 saturated heterocycles. The minimum atomic E-state index is -3.46. The van der Waals surface area contributed by atoms with Crippen LogP contribution in [0.25, 0.3) is 0 Å². The Bertz CT molecular complexity index is 512. The van der Waals surface area contributed by atoms with Crippen LogP contribution in [0.5, 0.6) is 0 Å². The Hall–Kier alpha value is -0.780. The summed E-state index contributed by atoms with van der Waals surface area (Å²) in [6.07, 6.45) is 3.34. The van der Waals surface area contributed by atoms with Crippen LogP contribution < -0.4 is 10.5 Å². The van der Waals surface area contributed by atoms with E-state index in [1.807, 2.05) is 0 Å². The van der Waals surface area contributed by atoms with E-state index in [0.29, 0.717) is 17.5 Å². The molecular formula is C11H15ClN2O2S. The van der Waals surface area contributed by atoms with Crippen molar-refractivity contribution in [2.75, 3.05) is 12.3 Å². The molecule has 2 rings (SSSR count). The summed E-state index contributed by atoms with van der Waals surface area (Å²) in [5.74, 6) is 0.702. The summed E-state index contributed by atoms with van der Waals surface area (Å²) in [7, 11) is -3.46. The Morgan fingerprint density at radius 1 is 1.41 bits per heavy atom. The molecule has 1 aliphatic carbocycles. The molecule has 0 aliphatic heterocycles. The van der Waals surface area contributed by atoms with Crippen LogP contribution in [0, 0.1) is 5.92 Å². The number of nitrogens with one attached hydrogen (secondary N) is 1. The summed E-state index contributed by atoms with van der Waals surface area (Å²) >= 11 is 5.74. The largest absolute Gasteiger partial charge is 0.397 e. The van der Waals surface area contributed by atoms with Gasteiger partial charge in [0.25, 0.3) is 0 Å². The average molecular weight is 275 g/mol. The third-order valence-corrected chi connectivity index (χ3v) is 4.62. The summed E-state index contributed by atoms with van der Waals surface area (Å²) in [5.41, 5.74) is 5.85. The molecule has 1 saturated carbocycles. The molecule has 1 aromatic carbocycles. The van der Waals surface area contributed by atoms with E-state index in [-0.39, 0.29) is 10.6 Å². The second kappa shape index (κ2) is 4.84. The van der Waals surface area contributed by atoms with Gasteiger partial charge in [-0.3, -0.25) is 0 Å². The van der Waals surface area contributed by atoms with Crippen molar-refractivity contribution >= 4 is 27.3 Å². The van der Waals surface area contributed by atoms with Crippen LogP contribution in [0.3, 0.4) is 0 Å². The van der Waals surface area contributed by atoms with Gasteiger partial charge < -0.3 is 5.73 Å². The van der Waals surface area contributed by atoms with Crippen LogP contribution >= 0.6 is 11.6 Å². The molecule has 4 nitrogen and oxygen atoms in total. The van der Waals surface area contributed by atoms with E-state index in [0.717, 1.165) is 6.42 Å². The van der Waals surface area contributed by atoms with E-state index in [2.05, 4.69) is 4.72 Å². The lowest BCUT2D eigenvalue weighted by Gasteiger charge is -2.07. The van der Waals surface area contributed by atoms with Crippen LogP contribution in [0.15, 0.2) is 23.1 Å². The zero-order chi connectivity index (χ0) is 12.5. The molecule has 6 heteroatoms. The van der Waals surface area contributed by atoms with E-state index in [4.69, 9.17) is 17.3 Å². The molecule has 0 unspecified atom stereocenters. The smallest absolute Gasteiger partial charge is 0.240 e. The normalized spacial score (nSPS) is 16.1. The first-order valence-corrected chi connectivity index (χ1v) is 7.40. The van der Waals surface area contributed by atoms with Crippen molar-refractivity contribution < 1.29 is 8.42 Å². The predicted octanol–water partition coefficient (Wildman–Crippen LogP) is 2.00. The fourth-order valence-corrected chi connectivity index (χ4v) is 2.78. The number of hydrogen-bond donors (Lipinski definition) is 2. The Morgan fingerprint density at radius 2 is 2.12 bits per heavy atom. The summed E-state index contributed by atoms with van der Waals surface area (Å²) in [6.45, 7) is 0.482. The lowest BCUT2D eigenvalue weighted by molar-refractivity contribution is 0.575. The molecule has 0 spiro atoms. The highest BCUT2D eigenvalue weighted by atomic mass is 35.5. The van der Waals surface area contributed by atoms with Crippen molar-refractivity contribution in [1.29, 1.82) is 0 Å². The van der Waals surface area contributed by atoms with Gasteiger partial charge in [-0.2, -0.15) is 0 Å². The first-order chi connectivity index (χ1) is 7.99. The zero-order valence-electron chi connectivity index (χ0n) is 9.32. The molecule has 0 heterocycles. The minimum absolute atomic E-state index is 0.162. The van der Waals surface area contributed by atoms with Crippen molar-refractivity contribution in [1.82, 2.24) is 4.72 Å². The fraction of sp³-hybridized carbons (Fsp3) is 0.455.